The average molecular weight is 287 g/mol. The highest BCUT2D eigenvalue weighted by atomic mass is 32.2. The molecule has 1 N–H and O–H groups in total. The van der Waals surface area contributed by atoms with Gasteiger partial charge in [-0.1, -0.05) is 12.2 Å². The summed E-state index contributed by atoms with van der Waals surface area (Å²) in [5.74, 6) is -1.14. The van der Waals surface area contributed by atoms with Crippen molar-refractivity contribution in [3.05, 3.63) is 42.3 Å². The molecule has 1 aromatic heterocycles. The third-order valence-electron chi connectivity index (χ3n) is 2.05. The van der Waals surface area contributed by atoms with Crippen LogP contribution in [0, 0.1) is 0 Å². The Morgan fingerprint density at radius 2 is 1.89 bits per heavy atom. The Morgan fingerprint density at radius 3 is 2.28 bits per heavy atom. The number of thiophene rings is 1. The third kappa shape index (κ3) is 3.06. The Hall–Kier alpha value is -1.44. The standard InChI is InChI=1S/C11H13NO4S2/c1-3-7-12(8-4-2)18(15,16)10-6-5-9(17-10)11(13)14/h3-6H,1-2,7-8H2,(H,13,14). The summed E-state index contributed by atoms with van der Waals surface area (Å²) in [6.07, 6.45) is 2.93. The number of carboxylic acid groups (broad SMARTS) is 1. The average Bonchev–Trinajstić information content (AvgIpc) is 2.78. The van der Waals surface area contributed by atoms with Gasteiger partial charge < -0.3 is 5.11 Å². The third-order valence-corrected chi connectivity index (χ3v) is 5.42. The van der Waals surface area contributed by atoms with Crippen LogP contribution in [0.25, 0.3) is 0 Å². The number of hydrogen-bond donors (Lipinski definition) is 1. The summed E-state index contributed by atoms with van der Waals surface area (Å²) < 4.78 is 25.6. The lowest BCUT2D eigenvalue weighted by molar-refractivity contribution is 0.0702. The summed E-state index contributed by atoms with van der Waals surface area (Å²) in [6, 6.07) is 2.57. The molecule has 0 aliphatic rings. The lowest BCUT2D eigenvalue weighted by Gasteiger charge is -2.17. The summed E-state index contributed by atoms with van der Waals surface area (Å²) in [5.41, 5.74) is 0. The monoisotopic (exact) mass is 287 g/mol. The fourth-order valence-corrected chi connectivity index (χ4v) is 3.94. The predicted molar refractivity (Wildman–Crippen MR) is 70.4 cm³/mol. The van der Waals surface area contributed by atoms with Crippen LogP contribution >= 0.6 is 11.3 Å². The largest absolute Gasteiger partial charge is 0.477 e. The summed E-state index contributed by atoms with van der Waals surface area (Å²) in [5, 5.41) is 8.78. The van der Waals surface area contributed by atoms with Gasteiger partial charge >= 0.3 is 5.97 Å². The Balaban J connectivity index is 3.12. The molecule has 98 valence electrons. The van der Waals surface area contributed by atoms with Crippen LogP contribution in [0.15, 0.2) is 41.7 Å². The molecule has 7 heteroatoms. The van der Waals surface area contributed by atoms with Gasteiger partial charge in [0.2, 0.25) is 0 Å². The molecule has 0 spiro atoms. The summed E-state index contributed by atoms with van der Waals surface area (Å²) >= 11 is 0.730. The molecule has 0 amide bonds. The molecule has 1 aromatic rings. The van der Waals surface area contributed by atoms with Gasteiger partial charge in [0.15, 0.2) is 0 Å². The smallest absolute Gasteiger partial charge is 0.345 e. The Bertz CT molecular complexity index is 549. The van der Waals surface area contributed by atoms with Crippen molar-refractivity contribution in [3.63, 3.8) is 0 Å². The molecule has 0 saturated carbocycles. The predicted octanol–water partition coefficient (Wildman–Crippen LogP) is 1.81. The van der Waals surface area contributed by atoms with Gasteiger partial charge in [-0.05, 0) is 12.1 Å². The van der Waals surface area contributed by atoms with E-state index in [0.717, 1.165) is 11.3 Å². The molecule has 5 nitrogen and oxygen atoms in total. The zero-order chi connectivity index (χ0) is 13.8. The Labute approximate surface area is 110 Å². The highest BCUT2D eigenvalue weighted by Gasteiger charge is 2.25. The van der Waals surface area contributed by atoms with Gasteiger partial charge in [0.25, 0.3) is 10.0 Å². The molecule has 0 atom stereocenters. The van der Waals surface area contributed by atoms with Crippen LogP contribution in [0.3, 0.4) is 0 Å². The lowest BCUT2D eigenvalue weighted by atomic mass is 10.5. The summed E-state index contributed by atoms with van der Waals surface area (Å²) in [4.78, 5) is 10.7. The quantitative estimate of drug-likeness (QED) is 0.776. The van der Waals surface area contributed by atoms with E-state index in [4.69, 9.17) is 5.11 Å². The molecule has 1 rings (SSSR count). The molecule has 1 heterocycles. The van der Waals surface area contributed by atoms with E-state index in [1.165, 1.54) is 28.6 Å². The topological polar surface area (TPSA) is 74.7 Å². The molecule has 18 heavy (non-hydrogen) atoms. The number of carbonyl (C=O) groups is 1. The molecule has 0 bridgehead atoms. The van der Waals surface area contributed by atoms with E-state index >= 15 is 0 Å². The number of carboxylic acids is 1. The first kappa shape index (κ1) is 14.6. The first-order valence-corrected chi connectivity index (χ1v) is 7.24. The van der Waals surface area contributed by atoms with Crippen LogP contribution in [0.2, 0.25) is 0 Å². The van der Waals surface area contributed by atoms with Crippen LogP contribution < -0.4 is 0 Å². The number of aromatic carboxylic acids is 1. The van der Waals surface area contributed by atoms with Crippen molar-refractivity contribution in [3.8, 4) is 0 Å². The Morgan fingerprint density at radius 1 is 1.33 bits per heavy atom. The van der Waals surface area contributed by atoms with Gasteiger partial charge in [0.05, 0.1) is 0 Å². The van der Waals surface area contributed by atoms with Crippen molar-refractivity contribution in [1.82, 2.24) is 4.31 Å². The minimum atomic E-state index is -3.69. The number of sulfonamides is 1. The molecule has 0 radical (unpaired) electrons. The van der Waals surface area contributed by atoms with E-state index in [9.17, 15) is 13.2 Å². The van der Waals surface area contributed by atoms with Gasteiger partial charge in [0.1, 0.15) is 9.09 Å². The fraction of sp³-hybridized carbons (Fsp3) is 0.182. The van der Waals surface area contributed by atoms with Crippen molar-refractivity contribution < 1.29 is 18.3 Å². The second-order valence-electron chi connectivity index (χ2n) is 3.32. The van der Waals surface area contributed by atoms with Crippen molar-refractivity contribution in [1.29, 1.82) is 0 Å². The zero-order valence-electron chi connectivity index (χ0n) is 9.57. The molecule has 0 unspecified atom stereocenters. The maximum atomic E-state index is 12.2. The highest BCUT2D eigenvalue weighted by molar-refractivity contribution is 7.91. The summed E-state index contributed by atoms with van der Waals surface area (Å²) in [7, 11) is -3.69. The van der Waals surface area contributed by atoms with E-state index in [1.807, 2.05) is 0 Å². The number of nitrogens with zero attached hydrogens (tertiary/aromatic N) is 1. The van der Waals surface area contributed by atoms with Gasteiger partial charge in [-0.25, -0.2) is 13.2 Å². The molecule has 0 saturated heterocycles. The second-order valence-corrected chi connectivity index (χ2v) is 6.57. The number of hydrogen-bond acceptors (Lipinski definition) is 4. The molecule has 0 aliphatic heterocycles. The van der Waals surface area contributed by atoms with E-state index in [1.54, 1.807) is 0 Å². The van der Waals surface area contributed by atoms with Crippen LogP contribution in [0.1, 0.15) is 9.67 Å². The normalized spacial score (nSPS) is 11.4. The van der Waals surface area contributed by atoms with Crippen molar-refractivity contribution >= 4 is 27.3 Å². The maximum absolute atomic E-state index is 12.2. The zero-order valence-corrected chi connectivity index (χ0v) is 11.2. The van der Waals surface area contributed by atoms with Crippen molar-refractivity contribution in [2.24, 2.45) is 0 Å². The van der Waals surface area contributed by atoms with Crippen LogP contribution in [0.5, 0.6) is 0 Å². The molecule has 0 aromatic carbocycles. The number of rotatable bonds is 7. The SMILES string of the molecule is C=CCN(CC=C)S(=O)(=O)c1ccc(C(=O)O)s1. The van der Waals surface area contributed by atoms with Crippen LogP contribution in [-0.2, 0) is 10.0 Å². The maximum Gasteiger partial charge on any atom is 0.345 e. The van der Waals surface area contributed by atoms with E-state index in [0.29, 0.717) is 0 Å². The van der Waals surface area contributed by atoms with Gasteiger partial charge in [-0.2, -0.15) is 4.31 Å². The second kappa shape index (κ2) is 5.94. The van der Waals surface area contributed by atoms with Crippen LogP contribution in [-0.4, -0.2) is 36.9 Å². The van der Waals surface area contributed by atoms with Crippen LogP contribution in [0.4, 0.5) is 0 Å². The lowest BCUT2D eigenvalue weighted by Crippen LogP contribution is -2.30. The van der Waals surface area contributed by atoms with Crippen molar-refractivity contribution in [2.75, 3.05) is 13.1 Å². The first-order valence-electron chi connectivity index (χ1n) is 4.98. The van der Waals surface area contributed by atoms with Gasteiger partial charge in [-0.15, -0.1) is 24.5 Å². The van der Waals surface area contributed by atoms with E-state index in [-0.39, 0.29) is 22.2 Å². The fourth-order valence-electron chi connectivity index (χ4n) is 1.26. The molecule has 0 aliphatic carbocycles. The van der Waals surface area contributed by atoms with Gasteiger partial charge in [-0.3, -0.25) is 0 Å². The van der Waals surface area contributed by atoms with E-state index in [2.05, 4.69) is 13.2 Å². The molecular weight excluding hydrogens is 274 g/mol. The summed E-state index contributed by atoms with van der Waals surface area (Å²) in [6.45, 7) is 7.28. The Kier molecular flexibility index (Phi) is 4.83. The highest BCUT2D eigenvalue weighted by Crippen LogP contribution is 2.24. The first-order chi connectivity index (χ1) is 8.43. The minimum Gasteiger partial charge on any atom is -0.477 e. The molecular formula is C11H13NO4S2. The minimum absolute atomic E-state index is 0.00333. The molecule has 0 fully saturated rings. The van der Waals surface area contributed by atoms with Crippen molar-refractivity contribution in [2.45, 2.75) is 4.21 Å². The van der Waals surface area contributed by atoms with Gasteiger partial charge in [0, 0.05) is 13.1 Å². The van der Waals surface area contributed by atoms with E-state index < -0.39 is 16.0 Å².